The number of halogens is 2. The second kappa shape index (κ2) is 9.88. The van der Waals surface area contributed by atoms with Gasteiger partial charge in [-0.05, 0) is 49.3 Å². The van der Waals surface area contributed by atoms with E-state index in [1.54, 1.807) is 12.1 Å². The molecule has 0 aliphatic carbocycles. The summed E-state index contributed by atoms with van der Waals surface area (Å²) in [5.74, 6) is 1.51. The SMILES string of the molecule is CN=C(NCC1(c2ccc(F)cc2)CCOCC1)N1CCCC(C)C1.I. The number of rotatable bonds is 3. The van der Waals surface area contributed by atoms with E-state index >= 15 is 0 Å². The highest BCUT2D eigenvalue weighted by molar-refractivity contribution is 14.0. The highest BCUT2D eigenvalue weighted by Gasteiger charge is 2.35. The van der Waals surface area contributed by atoms with E-state index in [1.165, 1.54) is 18.4 Å². The molecule has 26 heavy (non-hydrogen) atoms. The number of nitrogens with zero attached hydrogens (tertiary/aromatic N) is 2. The average Bonchev–Trinajstić information content (AvgIpc) is 2.64. The van der Waals surface area contributed by atoms with E-state index < -0.39 is 0 Å². The van der Waals surface area contributed by atoms with Crippen molar-refractivity contribution in [2.45, 2.75) is 38.0 Å². The molecule has 6 heteroatoms. The Kier molecular flexibility index (Phi) is 8.13. The normalized spacial score (nSPS) is 23.3. The quantitative estimate of drug-likeness (QED) is 0.411. The highest BCUT2D eigenvalue weighted by atomic mass is 127. The van der Waals surface area contributed by atoms with Gasteiger partial charge in [-0.1, -0.05) is 19.1 Å². The molecule has 146 valence electrons. The molecule has 0 aromatic heterocycles. The smallest absolute Gasteiger partial charge is 0.193 e. The first-order chi connectivity index (χ1) is 12.1. The Morgan fingerprint density at radius 2 is 2.00 bits per heavy atom. The third-order valence-corrected chi connectivity index (χ3v) is 5.66. The average molecular weight is 475 g/mol. The maximum Gasteiger partial charge on any atom is 0.193 e. The number of aliphatic imine (C=N–C) groups is 1. The molecule has 0 bridgehead atoms. The first kappa shape index (κ1) is 21.4. The molecule has 2 heterocycles. The van der Waals surface area contributed by atoms with Crippen LogP contribution in [0.15, 0.2) is 29.3 Å². The van der Waals surface area contributed by atoms with Crippen LogP contribution in [0.25, 0.3) is 0 Å². The Bertz CT molecular complexity index is 587. The molecule has 2 saturated heterocycles. The lowest BCUT2D eigenvalue weighted by molar-refractivity contribution is 0.0510. The van der Waals surface area contributed by atoms with Crippen molar-refractivity contribution in [3.8, 4) is 0 Å². The lowest BCUT2D eigenvalue weighted by atomic mass is 9.74. The van der Waals surface area contributed by atoms with Crippen LogP contribution in [-0.2, 0) is 10.2 Å². The molecule has 4 nitrogen and oxygen atoms in total. The Labute approximate surface area is 173 Å². The second-order valence-electron chi connectivity index (χ2n) is 7.49. The number of piperidine rings is 1. The van der Waals surface area contributed by atoms with Crippen LogP contribution in [0, 0.1) is 11.7 Å². The summed E-state index contributed by atoms with van der Waals surface area (Å²) in [5, 5.41) is 3.61. The zero-order valence-electron chi connectivity index (χ0n) is 15.8. The van der Waals surface area contributed by atoms with Gasteiger partial charge in [0, 0.05) is 45.3 Å². The Hall–Kier alpha value is -0.890. The Morgan fingerprint density at radius 3 is 2.62 bits per heavy atom. The fourth-order valence-corrected chi connectivity index (χ4v) is 4.10. The molecular weight excluding hydrogens is 444 g/mol. The van der Waals surface area contributed by atoms with E-state index in [0.717, 1.165) is 51.6 Å². The first-order valence-corrected chi connectivity index (χ1v) is 9.42. The fraction of sp³-hybridized carbons (Fsp3) is 0.650. The number of likely N-dealkylation sites (tertiary alicyclic amines) is 1. The third-order valence-electron chi connectivity index (χ3n) is 5.66. The van der Waals surface area contributed by atoms with Crippen molar-refractivity contribution in [3.05, 3.63) is 35.6 Å². The van der Waals surface area contributed by atoms with Gasteiger partial charge in [-0.2, -0.15) is 0 Å². The molecule has 2 aliphatic rings. The van der Waals surface area contributed by atoms with Crippen molar-refractivity contribution in [1.29, 1.82) is 0 Å². The summed E-state index contributed by atoms with van der Waals surface area (Å²) in [6.45, 7) is 6.73. The monoisotopic (exact) mass is 475 g/mol. The summed E-state index contributed by atoms with van der Waals surface area (Å²) in [6, 6.07) is 6.98. The van der Waals surface area contributed by atoms with Gasteiger partial charge >= 0.3 is 0 Å². The van der Waals surface area contributed by atoms with E-state index in [0.29, 0.717) is 5.92 Å². The van der Waals surface area contributed by atoms with Crippen LogP contribution >= 0.6 is 24.0 Å². The van der Waals surface area contributed by atoms with Gasteiger partial charge in [0.2, 0.25) is 0 Å². The standard InChI is InChI=1S/C20H30FN3O.HI/c1-16-4-3-11-24(14-16)19(22-2)23-15-20(9-12-25-13-10-20)17-5-7-18(21)8-6-17;/h5-8,16H,3-4,9-15H2,1-2H3,(H,22,23);1H. The molecule has 3 rings (SSSR count). The first-order valence-electron chi connectivity index (χ1n) is 9.42. The molecule has 0 spiro atoms. The molecule has 0 saturated carbocycles. The number of hydrogen-bond donors (Lipinski definition) is 1. The van der Waals surface area contributed by atoms with Crippen molar-refractivity contribution in [3.63, 3.8) is 0 Å². The number of benzene rings is 1. The van der Waals surface area contributed by atoms with Crippen LogP contribution in [0.4, 0.5) is 4.39 Å². The summed E-state index contributed by atoms with van der Waals surface area (Å²) in [7, 11) is 1.86. The van der Waals surface area contributed by atoms with Gasteiger partial charge in [-0.25, -0.2) is 4.39 Å². The van der Waals surface area contributed by atoms with Gasteiger partial charge in [0.05, 0.1) is 0 Å². The summed E-state index contributed by atoms with van der Waals surface area (Å²) in [6.07, 6.45) is 4.40. The van der Waals surface area contributed by atoms with Crippen LogP contribution in [0.1, 0.15) is 38.2 Å². The van der Waals surface area contributed by atoms with E-state index in [1.807, 2.05) is 19.2 Å². The van der Waals surface area contributed by atoms with Gasteiger partial charge in [0.15, 0.2) is 5.96 Å². The Balaban J connectivity index is 0.00000243. The zero-order valence-corrected chi connectivity index (χ0v) is 18.2. The van der Waals surface area contributed by atoms with Crippen molar-refractivity contribution in [2.24, 2.45) is 10.9 Å². The summed E-state index contributed by atoms with van der Waals surface area (Å²) < 4.78 is 19.0. The van der Waals surface area contributed by atoms with Gasteiger partial charge in [-0.3, -0.25) is 4.99 Å². The topological polar surface area (TPSA) is 36.9 Å². The van der Waals surface area contributed by atoms with Crippen LogP contribution in [0.2, 0.25) is 0 Å². The van der Waals surface area contributed by atoms with Crippen molar-refractivity contribution < 1.29 is 9.13 Å². The molecule has 1 atom stereocenters. The molecule has 0 amide bonds. The van der Waals surface area contributed by atoms with E-state index in [-0.39, 0.29) is 35.2 Å². The van der Waals surface area contributed by atoms with Crippen LogP contribution in [-0.4, -0.2) is 50.8 Å². The molecule has 2 aliphatic heterocycles. The third kappa shape index (κ3) is 5.09. The number of guanidine groups is 1. The maximum atomic E-state index is 13.4. The maximum absolute atomic E-state index is 13.4. The summed E-state index contributed by atoms with van der Waals surface area (Å²) in [5.41, 5.74) is 1.16. The van der Waals surface area contributed by atoms with Gasteiger partial charge in [0.25, 0.3) is 0 Å². The number of nitrogens with one attached hydrogen (secondary N) is 1. The largest absolute Gasteiger partial charge is 0.381 e. The number of hydrogen-bond acceptors (Lipinski definition) is 2. The molecule has 1 N–H and O–H groups in total. The minimum absolute atomic E-state index is 0. The van der Waals surface area contributed by atoms with Gasteiger partial charge in [0.1, 0.15) is 5.82 Å². The van der Waals surface area contributed by atoms with Crippen molar-refractivity contribution >= 4 is 29.9 Å². The van der Waals surface area contributed by atoms with E-state index in [9.17, 15) is 4.39 Å². The van der Waals surface area contributed by atoms with E-state index in [4.69, 9.17) is 4.74 Å². The lowest BCUT2D eigenvalue weighted by Gasteiger charge is -2.40. The predicted octanol–water partition coefficient (Wildman–Crippen LogP) is 3.80. The molecular formula is C20H31FIN3O. The van der Waals surface area contributed by atoms with E-state index in [2.05, 4.69) is 22.1 Å². The lowest BCUT2D eigenvalue weighted by Crippen LogP contribution is -2.51. The van der Waals surface area contributed by atoms with Crippen molar-refractivity contribution in [2.75, 3.05) is 39.9 Å². The Morgan fingerprint density at radius 1 is 1.31 bits per heavy atom. The fourth-order valence-electron chi connectivity index (χ4n) is 4.10. The van der Waals surface area contributed by atoms with Crippen molar-refractivity contribution in [1.82, 2.24) is 10.2 Å². The van der Waals surface area contributed by atoms with Crippen LogP contribution < -0.4 is 5.32 Å². The summed E-state index contributed by atoms with van der Waals surface area (Å²) >= 11 is 0. The van der Waals surface area contributed by atoms with Gasteiger partial charge in [-0.15, -0.1) is 24.0 Å². The molecule has 1 aromatic carbocycles. The van der Waals surface area contributed by atoms with Crippen LogP contribution in [0.5, 0.6) is 0 Å². The predicted molar refractivity (Wildman–Crippen MR) is 115 cm³/mol. The molecule has 0 radical (unpaired) electrons. The summed E-state index contributed by atoms with van der Waals surface area (Å²) in [4.78, 5) is 6.88. The molecule has 1 unspecified atom stereocenters. The highest BCUT2D eigenvalue weighted by Crippen LogP contribution is 2.34. The zero-order chi connectivity index (χ0) is 17.7. The van der Waals surface area contributed by atoms with Crippen LogP contribution in [0.3, 0.4) is 0 Å². The molecule has 1 aromatic rings. The number of ether oxygens (including phenoxy) is 1. The van der Waals surface area contributed by atoms with Gasteiger partial charge < -0.3 is 15.0 Å². The molecule has 2 fully saturated rings. The second-order valence-corrected chi connectivity index (χ2v) is 7.49. The minimum Gasteiger partial charge on any atom is -0.381 e. The minimum atomic E-state index is -0.183.